The van der Waals surface area contributed by atoms with Gasteiger partial charge in [-0.1, -0.05) is 5.16 Å². The molecule has 2 aromatic heterocycles. The molecule has 116 valence electrons. The third-order valence-corrected chi connectivity index (χ3v) is 4.40. The summed E-state index contributed by atoms with van der Waals surface area (Å²) >= 11 is 1.49. The number of aromatic nitrogens is 3. The lowest BCUT2D eigenvalue weighted by Crippen LogP contribution is -2.49. The van der Waals surface area contributed by atoms with Gasteiger partial charge in [0.1, 0.15) is 10.7 Å². The summed E-state index contributed by atoms with van der Waals surface area (Å²) in [5.41, 5.74) is 1.44. The molecule has 0 bridgehead atoms. The molecule has 0 N–H and O–H groups in total. The summed E-state index contributed by atoms with van der Waals surface area (Å²) in [6.45, 7) is 4.59. The molecule has 1 aliphatic heterocycles. The normalized spacial score (nSPS) is 15.2. The van der Waals surface area contributed by atoms with Crippen LogP contribution in [0.5, 0.6) is 0 Å². The zero-order chi connectivity index (χ0) is 15.5. The van der Waals surface area contributed by atoms with Gasteiger partial charge in [-0.05, 0) is 30.5 Å². The second-order valence-corrected chi connectivity index (χ2v) is 5.81. The number of carbonyl (C=O) groups is 1. The van der Waals surface area contributed by atoms with Crippen LogP contribution in [0.2, 0.25) is 0 Å². The molecule has 0 aliphatic carbocycles. The minimum Gasteiger partial charge on any atom is -0.349 e. The summed E-state index contributed by atoms with van der Waals surface area (Å²) in [5, 5.41) is 8.48. The SMILES string of the molecule is CSc1ncccc1C(=O)N1CCN(c2nonc2C)CC1. The van der Waals surface area contributed by atoms with Gasteiger partial charge in [-0.3, -0.25) is 4.79 Å². The van der Waals surface area contributed by atoms with Gasteiger partial charge in [0.25, 0.3) is 5.91 Å². The van der Waals surface area contributed by atoms with Crippen LogP contribution >= 0.6 is 11.8 Å². The van der Waals surface area contributed by atoms with E-state index in [4.69, 9.17) is 4.63 Å². The molecule has 0 radical (unpaired) electrons. The van der Waals surface area contributed by atoms with Gasteiger partial charge in [0.2, 0.25) is 0 Å². The van der Waals surface area contributed by atoms with E-state index in [1.807, 2.05) is 24.1 Å². The van der Waals surface area contributed by atoms with Crippen LogP contribution in [0.1, 0.15) is 16.1 Å². The third kappa shape index (κ3) is 2.78. The molecule has 1 aliphatic rings. The number of pyridine rings is 1. The zero-order valence-corrected chi connectivity index (χ0v) is 13.3. The van der Waals surface area contributed by atoms with Crippen molar-refractivity contribution in [2.24, 2.45) is 0 Å². The Bertz CT molecular complexity index is 667. The Hall–Kier alpha value is -2.09. The topological polar surface area (TPSA) is 75.4 Å². The number of aryl methyl sites for hydroxylation is 1. The number of anilines is 1. The average Bonchev–Trinajstić information content (AvgIpc) is 3.00. The van der Waals surface area contributed by atoms with E-state index in [1.54, 1.807) is 12.3 Å². The number of rotatable bonds is 3. The highest BCUT2D eigenvalue weighted by Gasteiger charge is 2.26. The summed E-state index contributed by atoms with van der Waals surface area (Å²) in [7, 11) is 0. The Morgan fingerprint density at radius 1 is 1.27 bits per heavy atom. The summed E-state index contributed by atoms with van der Waals surface area (Å²) < 4.78 is 4.74. The van der Waals surface area contributed by atoms with E-state index in [2.05, 4.69) is 20.2 Å². The van der Waals surface area contributed by atoms with Gasteiger partial charge in [-0.15, -0.1) is 11.8 Å². The fraction of sp³-hybridized carbons (Fsp3) is 0.429. The zero-order valence-electron chi connectivity index (χ0n) is 12.5. The third-order valence-electron chi connectivity index (χ3n) is 3.69. The number of amides is 1. The van der Waals surface area contributed by atoms with Crippen LogP contribution < -0.4 is 4.90 Å². The Labute approximate surface area is 132 Å². The number of nitrogens with zero attached hydrogens (tertiary/aromatic N) is 5. The van der Waals surface area contributed by atoms with Crippen molar-refractivity contribution in [1.29, 1.82) is 0 Å². The first-order chi connectivity index (χ1) is 10.7. The van der Waals surface area contributed by atoms with Gasteiger partial charge in [0.15, 0.2) is 5.82 Å². The maximum absolute atomic E-state index is 12.6. The number of carbonyl (C=O) groups excluding carboxylic acids is 1. The Balaban J connectivity index is 1.69. The van der Waals surface area contributed by atoms with E-state index < -0.39 is 0 Å². The lowest BCUT2D eigenvalue weighted by atomic mass is 10.2. The van der Waals surface area contributed by atoms with Gasteiger partial charge < -0.3 is 9.80 Å². The molecule has 1 amide bonds. The summed E-state index contributed by atoms with van der Waals surface area (Å²) in [6.07, 6.45) is 3.64. The molecular weight excluding hydrogens is 302 g/mol. The van der Waals surface area contributed by atoms with Gasteiger partial charge in [-0.2, -0.15) is 0 Å². The molecule has 3 rings (SSSR count). The maximum Gasteiger partial charge on any atom is 0.256 e. The lowest BCUT2D eigenvalue weighted by Gasteiger charge is -2.34. The smallest absolute Gasteiger partial charge is 0.256 e. The van der Waals surface area contributed by atoms with Crippen molar-refractivity contribution in [3.8, 4) is 0 Å². The fourth-order valence-electron chi connectivity index (χ4n) is 2.52. The van der Waals surface area contributed by atoms with E-state index in [0.717, 1.165) is 29.6 Å². The van der Waals surface area contributed by atoms with E-state index >= 15 is 0 Å². The highest BCUT2D eigenvalue weighted by atomic mass is 32.2. The minimum atomic E-state index is 0.0344. The van der Waals surface area contributed by atoms with Gasteiger partial charge in [-0.25, -0.2) is 9.61 Å². The van der Waals surface area contributed by atoms with Crippen LogP contribution in [0.25, 0.3) is 0 Å². The summed E-state index contributed by atoms with van der Waals surface area (Å²) in [5.74, 6) is 0.797. The molecule has 0 saturated carbocycles. The van der Waals surface area contributed by atoms with Crippen LogP contribution in [0.15, 0.2) is 28.0 Å². The van der Waals surface area contributed by atoms with Gasteiger partial charge in [0, 0.05) is 32.4 Å². The number of piperazine rings is 1. The average molecular weight is 319 g/mol. The van der Waals surface area contributed by atoms with Crippen LogP contribution in [0.3, 0.4) is 0 Å². The second kappa shape index (κ2) is 6.35. The molecule has 0 spiro atoms. The molecule has 8 heteroatoms. The Kier molecular flexibility index (Phi) is 4.28. The molecule has 22 heavy (non-hydrogen) atoms. The number of hydrogen-bond acceptors (Lipinski definition) is 7. The second-order valence-electron chi connectivity index (χ2n) is 5.01. The van der Waals surface area contributed by atoms with Crippen LogP contribution in [0, 0.1) is 6.92 Å². The van der Waals surface area contributed by atoms with Crippen molar-refractivity contribution in [1.82, 2.24) is 20.2 Å². The van der Waals surface area contributed by atoms with E-state index in [9.17, 15) is 4.79 Å². The summed E-state index contributed by atoms with van der Waals surface area (Å²) in [4.78, 5) is 20.9. The van der Waals surface area contributed by atoms with Gasteiger partial charge in [0.05, 0.1) is 5.56 Å². The highest BCUT2D eigenvalue weighted by Crippen LogP contribution is 2.21. The Morgan fingerprint density at radius 2 is 2.05 bits per heavy atom. The molecule has 0 aromatic carbocycles. The lowest BCUT2D eigenvalue weighted by molar-refractivity contribution is 0.0742. The van der Waals surface area contributed by atoms with Crippen molar-refractivity contribution in [3.05, 3.63) is 29.6 Å². The number of hydrogen-bond donors (Lipinski definition) is 0. The van der Waals surface area contributed by atoms with Crippen LogP contribution in [0.4, 0.5) is 5.82 Å². The summed E-state index contributed by atoms with van der Waals surface area (Å²) in [6, 6.07) is 3.63. The van der Waals surface area contributed by atoms with E-state index in [0.29, 0.717) is 18.7 Å². The largest absolute Gasteiger partial charge is 0.349 e. The van der Waals surface area contributed by atoms with E-state index in [1.165, 1.54) is 11.8 Å². The fourth-order valence-corrected chi connectivity index (χ4v) is 3.06. The molecule has 3 heterocycles. The first-order valence-corrected chi connectivity index (χ1v) is 8.25. The highest BCUT2D eigenvalue weighted by molar-refractivity contribution is 7.98. The van der Waals surface area contributed by atoms with Crippen molar-refractivity contribution < 1.29 is 9.42 Å². The molecule has 1 fully saturated rings. The molecule has 1 saturated heterocycles. The molecule has 2 aromatic rings. The van der Waals surface area contributed by atoms with Crippen molar-refractivity contribution in [3.63, 3.8) is 0 Å². The van der Waals surface area contributed by atoms with Crippen molar-refractivity contribution >= 4 is 23.5 Å². The monoisotopic (exact) mass is 319 g/mol. The molecule has 7 nitrogen and oxygen atoms in total. The maximum atomic E-state index is 12.6. The van der Waals surface area contributed by atoms with Gasteiger partial charge >= 0.3 is 0 Å². The first-order valence-electron chi connectivity index (χ1n) is 7.03. The van der Waals surface area contributed by atoms with Crippen LogP contribution in [-0.4, -0.2) is 58.5 Å². The minimum absolute atomic E-state index is 0.0344. The Morgan fingerprint density at radius 3 is 2.68 bits per heavy atom. The first kappa shape index (κ1) is 14.8. The molecule has 0 atom stereocenters. The predicted octanol–water partition coefficient (Wildman–Crippen LogP) is 1.46. The standard InChI is InChI=1S/C14H17N5O2S/c1-10-12(17-21-16-10)18-6-8-19(9-7-18)14(20)11-4-3-5-15-13(11)22-2/h3-5H,6-9H2,1-2H3. The molecule has 0 unspecified atom stereocenters. The van der Waals surface area contributed by atoms with Crippen LogP contribution in [-0.2, 0) is 0 Å². The van der Waals surface area contributed by atoms with Crippen molar-refractivity contribution in [2.45, 2.75) is 11.9 Å². The van der Waals surface area contributed by atoms with Crippen molar-refractivity contribution in [2.75, 3.05) is 37.3 Å². The predicted molar refractivity (Wildman–Crippen MR) is 83.2 cm³/mol. The van der Waals surface area contributed by atoms with E-state index in [-0.39, 0.29) is 5.91 Å². The quantitative estimate of drug-likeness (QED) is 0.793. The molecular formula is C14H17N5O2S. The number of thioether (sulfide) groups is 1.